The molecule has 6 aromatic heterocycles. The largest absolute Gasteiger partial charge is 0.304 e. The molecule has 0 aromatic carbocycles. The maximum Gasteiger partial charge on any atom is 0.216 e. The van der Waals surface area contributed by atoms with Gasteiger partial charge in [-0.1, -0.05) is 19.3 Å². The average molecular weight is 586 g/mol. The monoisotopic (exact) mass is 585 g/mol. The molecule has 1 aliphatic heterocycles. The van der Waals surface area contributed by atoms with Crippen molar-refractivity contribution < 1.29 is 8.42 Å². The van der Waals surface area contributed by atoms with Crippen molar-refractivity contribution in [1.82, 2.24) is 44.6 Å². The highest BCUT2D eigenvalue weighted by Crippen LogP contribution is 2.39. The van der Waals surface area contributed by atoms with Crippen molar-refractivity contribution in [3.05, 3.63) is 48.3 Å². The number of nitrogens with zero attached hydrogens (tertiary/aromatic N) is 5. The van der Waals surface area contributed by atoms with Gasteiger partial charge in [-0.3, -0.25) is 10.2 Å². The number of aromatic nitrogens is 8. The number of sulfonamides is 1. The zero-order chi connectivity index (χ0) is 28.3. The van der Waals surface area contributed by atoms with Crippen LogP contribution in [0.3, 0.4) is 0 Å². The zero-order valence-corrected chi connectivity index (χ0v) is 24.3. The van der Waals surface area contributed by atoms with Gasteiger partial charge in [0.2, 0.25) is 10.0 Å². The Bertz CT molecular complexity index is 1980. The van der Waals surface area contributed by atoms with Crippen molar-refractivity contribution in [3.8, 4) is 0 Å². The Morgan fingerprint density at radius 2 is 1.17 bits per heavy atom. The van der Waals surface area contributed by atoms with E-state index in [4.69, 9.17) is 0 Å². The van der Waals surface area contributed by atoms with Crippen LogP contribution >= 0.6 is 0 Å². The summed E-state index contributed by atoms with van der Waals surface area (Å²) in [5, 5.41) is 17.6. The van der Waals surface area contributed by atoms with Crippen LogP contribution in [-0.4, -0.2) is 71.4 Å². The summed E-state index contributed by atoms with van der Waals surface area (Å²) in [6, 6.07) is 4.06. The third kappa shape index (κ3) is 4.39. The van der Waals surface area contributed by atoms with Crippen LogP contribution in [0.1, 0.15) is 81.0 Å². The molecular weight excluding hydrogens is 550 g/mol. The molecule has 11 nitrogen and oxygen atoms in total. The van der Waals surface area contributed by atoms with Gasteiger partial charge in [0.05, 0.1) is 28.7 Å². The molecule has 6 aromatic rings. The summed E-state index contributed by atoms with van der Waals surface area (Å²) >= 11 is 0. The van der Waals surface area contributed by atoms with Crippen LogP contribution in [0.4, 0.5) is 0 Å². The number of hydrogen-bond donors (Lipinski definition) is 4. The second-order valence-corrected chi connectivity index (χ2v) is 14.3. The van der Waals surface area contributed by atoms with Gasteiger partial charge in [-0.15, -0.1) is 0 Å². The minimum atomic E-state index is -3.05. The number of nitrogens with one attached hydrogen (secondary N) is 4. The summed E-state index contributed by atoms with van der Waals surface area (Å²) in [5.41, 5.74) is 6.17. The fourth-order valence-corrected chi connectivity index (χ4v) is 8.94. The lowest BCUT2D eigenvalue weighted by Crippen LogP contribution is -2.39. The lowest BCUT2D eigenvalue weighted by Gasteiger charge is -2.31. The van der Waals surface area contributed by atoms with Crippen molar-refractivity contribution >= 4 is 53.9 Å². The number of piperidine rings is 1. The molecule has 1 saturated heterocycles. The minimum absolute atomic E-state index is 0.116. The van der Waals surface area contributed by atoms with E-state index in [1.54, 1.807) is 16.7 Å². The predicted molar refractivity (Wildman–Crippen MR) is 163 cm³/mol. The van der Waals surface area contributed by atoms with Crippen LogP contribution in [0.15, 0.2) is 36.9 Å². The van der Waals surface area contributed by atoms with Crippen LogP contribution in [0, 0.1) is 0 Å². The van der Waals surface area contributed by atoms with Gasteiger partial charge in [-0.05, 0) is 50.7 Å². The first-order valence-corrected chi connectivity index (χ1v) is 16.7. The molecule has 218 valence electrons. The summed E-state index contributed by atoms with van der Waals surface area (Å²) in [6.45, 7) is 1.22. The van der Waals surface area contributed by atoms with E-state index in [0.717, 1.165) is 64.5 Å². The van der Waals surface area contributed by atoms with Gasteiger partial charge in [0.15, 0.2) is 11.3 Å². The van der Waals surface area contributed by atoms with Crippen LogP contribution in [0.5, 0.6) is 0 Å². The minimum Gasteiger partial charge on any atom is -0.304 e. The second-order valence-electron chi connectivity index (χ2n) is 12.0. The number of rotatable bonds is 4. The van der Waals surface area contributed by atoms with Gasteiger partial charge in [0.1, 0.15) is 0 Å². The Morgan fingerprint density at radius 1 is 0.643 bits per heavy atom. The molecule has 0 bridgehead atoms. The van der Waals surface area contributed by atoms with Crippen LogP contribution in [-0.2, 0) is 10.0 Å². The molecule has 42 heavy (non-hydrogen) atoms. The van der Waals surface area contributed by atoms with Crippen molar-refractivity contribution in [2.45, 2.75) is 74.9 Å². The molecule has 0 unspecified atom stereocenters. The molecule has 9 rings (SSSR count). The molecule has 0 spiro atoms. The Hall–Kier alpha value is -3.77. The lowest BCUT2D eigenvalue weighted by molar-refractivity contribution is 0.317. The van der Waals surface area contributed by atoms with E-state index in [-0.39, 0.29) is 5.25 Å². The van der Waals surface area contributed by atoms with Gasteiger partial charge in [0, 0.05) is 70.3 Å². The summed E-state index contributed by atoms with van der Waals surface area (Å²) < 4.78 is 26.5. The fourth-order valence-electron chi connectivity index (χ4n) is 7.06. The van der Waals surface area contributed by atoms with Gasteiger partial charge < -0.3 is 10.2 Å². The molecule has 3 fully saturated rings. The quantitative estimate of drug-likeness (QED) is 0.211. The first-order valence-electron chi connectivity index (χ1n) is 15.2. The van der Waals surface area contributed by atoms with Crippen molar-refractivity contribution in [1.29, 1.82) is 0 Å². The average Bonchev–Trinajstić information content (AvgIpc) is 3.39. The van der Waals surface area contributed by atoms with E-state index in [2.05, 4.69) is 46.4 Å². The molecule has 2 saturated carbocycles. The third-order valence-corrected chi connectivity index (χ3v) is 11.8. The molecule has 7 heterocycles. The van der Waals surface area contributed by atoms with Crippen molar-refractivity contribution in [3.63, 3.8) is 0 Å². The molecule has 0 amide bonds. The van der Waals surface area contributed by atoms with E-state index in [1.165, 1.54) is 48.6 Å². The number of pyridine rings is 2. The summed E-state index contributed by atoms with van der Waals surface area (Å²) in [7, 11) is -3.05. The number of hydrogen-bond acceptors (Lipinski definition) is 6. The van der Waals surface area contributed by atoms with Crippen LogP contribution < -0.4 is 0 Å². The topological polar surface area (TPSA) is 152 Å². The van der Waals surface area contributed by atoms with E-state index in [1.807, 2.05) is 18.5 Å². The molecule has 12 heteroatoms. The molecule has 4 N–H and O–H groups in total. The van der Waals surface area contributed by atoms with E-state index in [9.17, 15) is 8.42 Å². The Labute approximate surface area is 242 Å². The molecule has 3 aliphatic rings. The Kier molecular flexibility index (Phi) is 6.29. The number of H-pyrrole nitrogens is 4. The smallest absolute Gasteiger partial charge is 0.216 e. The summed E-state index contributed by atoms with van der Waals surface area (Å²) in [5.74, 6) is 0.984. The van der Waals surface area contributed by atoms with Gasteiger partial charge in [-0.2, -0.15) is 0 Å². The Balaban J connectivity index is 0.000000132. The lowest BCUT2D eigenvalue weighted by atomic mass is 9.85. The third-order valence-electron chi connectivity index (χ3n) is 9.45. The van der Waals surface area contributed by atoms with Crippen LogP contribution in [0.2, 0.25) is 0 Å². The Morgan fingerprint density at radius 3 is 1.69 bits per heavy atom. The molecule has 0 radical (unpaired) electrons. The maximum atomic E-state index is 12.4. The zero-order valence-electron chi connectivity index (χ0n) is 23.4. The predicted octanol–water partition coefficient (Wildman–Crippen LogP) is 5.60. The van der Waals surface area contributed by atoms with Crippen molar-refractivity contribution in [2.24, 2.45) is 0 Å². The van der Waals surface area contributed by atoms with Crippen LogP contribution in [0.25, 0.3) is 43.9 Å². The van der Waals surface area contributed by atoms with E-state index < -0.39 is 10.0 Å². The standard InChI is InChI=1S/C16H19N5O2S.C14H16N4/c22-24(23,11-1-2-11)21-7-4-10(5-8-21)15-14-12-3-6-17-16(12)18-9-13(14)19-20-15;1-2-4-9(5-3-1)13-12-10-6-7-15-14(10)16-8-11(12)17-18-13/h3,6,9-11,19-20H,1-2,4-5,7-8H2;6-9,17-18H,1-5H2. The summed E-state index contributed by atoms with van der Waals surface area (Å²) in [6.07, 6.45) is 17.3. The van der Waals surface area contributed by atoms with Gasteiger partial charge in [0.25, 0.3) is 0 Å². The molecule has 0 atom stereocenters. The second kappa shape index (κ2) is 10.2. The SMILES string of the molecule is O=S(=O)(C1CC1)N1CCC(c2[nH][nH]c3cnc4nccc4c23)CC1.c1cc2c(n1)ncc1[nH][nH]c(C3CCCCC3)c12. The van der Waals surface area contributed by atoms with E-state index in [0.29, 0.717) is 24.9 Å². The first-order chi connectivity index (χ1) is 20.6. The van der Waals surface area contributed by atoms with E-state index >= 15 is 0 Å². The molecule has 2 aliphatic carbocycles. The number of aromatic amines is 4. The highest BCUT2D eigenvalue weighted by molar-refractivity contribution is 7.90. The normalized spacial score (nSPS) is 19.6. The summed E-state index contributed by atoms with van der Waals surface area (Å²) in [4.78, 5) is 17.3. The van der Waals surface area contributed by atoms with Gasteiger partial charge >= 0.3 is 0 Å². The maximum absolute atomic E-state index is 12.4. The highest BCUT2D eigenvalue weighted by atomic mass is 32.2. The highest BCUT2D eigenvalue weighted by Gasteiger charge is 2.41. The number of fused-ring (bicyclic) bond motifs is 6. The first kappa shape index (κ1) is 25.9. The van der Waals surface area contributed by atoms with Crippen molar-refractivity contribution in [2.75, 3.05) is 13.1 Å². The fraction of sp³-hybridized carbons (Fsp3) is 0.467. The molecular formula is C30H35N9O2S. The van der Waals surface area contributed by atoms with Gasteiger partial charge in [-0.25, -0.2) is 32.7 Å².